The highest BCUT2D eigenvalue weighted by Gasteiger charge is 2.30. The molecular weight excluding hydrogens is 190 g/mol. The first-order valence-corrected chi connectivity index (χ1v) is 5.43. The molecule has 1 fully saturated rings. The molecule has 1 aromatic heterocycles. The largest absolute Gasteiger partial charge is 0.388 e. The van der Waals surface area contributed by atoms with E-state index in [1.165, 1.54) is 0 Å². The molecule has 1 saturated carbocycles. The van der Waals surface area contributed by atoms with E-state index >= 15 is 0 Å². The van der Waals surface area contributed by atoms with Crippen molar-refractivity contribution >= 4 is 5.95 Å². The monoisotopic (exact) mass is 207 g/mol. The predicted octanol–water partition coefficient (Wildman–Crippen LogP) is 1.50. The molecule has 0 bridgehead atoms. The van der Waals surface area contributed by atoms with Crippen LogP contribution in [0.5, 0.6) is 0 Å². The lowest BCUT2D eigenvalue weighted by Gasteiger charge is -2.22. The van der Waals surface area contributed by atoms with Gasteiger partial charge in [-0.25, -0.2) is 9.97 Å². The summed E-state index contributed by atoms with van der Waals surface area (Å²) in [5.41, 5.74) is 0.494. The highest BCUT2D eigenvalue weighted by molar-refractivity contribution is 5.25. The van der Waals surface area contributed by atoms with E-state index in [1.54, 1.807) is 12.4 Å². The minimum absolute atomic E-state index is 0.547. The first kappa shape index (κ1) is 10.4. The van der Waals surface area contributed by atoms with Gasteiger partial charge < -0.3 is 10.4 Å². The van der Waals surface area contributed by atoms with E-state index in [0.29, 0.717) is 12.5 Å². The van der Waals surface area contributed by atoms with Gasteiger partial charge in [0.1, 0.15) is 0 Å². The molecule has 82 valence electrons. The predicted molar refractivity (Wildman–Crippen MR) is 58.7 cm³/mol. The number of aryl methyl sites for hydroxylation is 1. The van der Waals surface area contributed by atoms with E-state index in [9.17, 15) is 5.11 Å². The smallest absolute Gasteiger partial charge is 0.222 e. The minimum Gasteiger partial charge on any atom is -0.388 e. The van der Waals surface area contributed by atoms with E-state index in [0.717, 1.165) is 31.2 Å². The lowest BCUT2D eigenvalue weighted by Crippen LogP contribution is -2.33. The molecule has 0 saturated heterocycles. The second-order valence-electron chi connectivity index (χ2n) is 4.37. The van der Waals surface area contributed by atoms with Gasteiger partial charge in [-0.2, -0.15) is 0 Å². The van der Waals surface area contributed by atoms with Crippen LogP contribution in [-0.4, -0.2) is 27.2 Å². The topological polar surface area (TPSA) is 58.0 Å². The number of aliphatic hydroxyl groups is 1. The third kappa shape index (κ3) is 2.65. The van der Waals surface area contributed by atoms with Crippen molar-refractivity contribution in [2.45, 2.75) is 38.2 Å². The zero-order chi connectivity index (χ0) is 10.7. The Kier molecular flexibility index (Phi) is 2.86. The van der Waals surface area contributed by atoms with E-state index in [2.05, 4.69) is 15.3 Å². The Hall–Kier alpha value is -1.16. The summed E-state index contributed by atoms with van der Waals surface area (Å²) < 4.78 is 0. The Morgan fingerprint density at radius 3 is 2.53 bits per heavy atom. The molecule has 0 atom stereocenters. The van der Waals surface area contributed by atoms with Crippen molar-refractivity contribution in [3.8, 4) is 0 Å². The van der Waals surface area contributed by atoms with Crippen LogP contribution in [0.2, 0.25) is 0 Å². The number of anilines is 1. The Morgan fingerprint density at radius 2 is 1.93 bits per heavy atom. The van der Waals surface area contributed by atoms with Crippen LogP contribution in [0, 0.1) is 6.92 Å². The molecule has 4 heteroatoms. The van der Waals surface area contributed by atoms with Gasteiger partial charge in [-0.05, 0) is 25.3 Å². The SMILES string of the molecule is Cc1cnc(NCC2(O)CCCC2)nc1. The van der Waals surface area contributed by atoms with Crippen molar-refractivity contribution in [3.63, 3.8) is 0 Å². The minimum atomic E-state index is -0.547. The summed E-state index contributed by atoms with van der Waals surface area (Å²) in [4.78, 5) is 8.27. The number of nitrogens with one attached hydrogen (secondary N) is 1. The Morgan fingerprint density at radius 1 is 1.33 bits per heavy atom. The summed E-state index contributed by atoms with van der Waals surface area (Å²) in [6, 6.07) is 0. The number of hydrogen-bond acceptors (Lipinski definition) is 4. The average molecular weight is 207 g/mol. The van der Waals surface area contributed by atoms with Crippen molar-refractivity contribution in [3.05, 3.63) is 18.0 Å². The van der Waals surface area contributed by atoms with Crippen LogP contribution in [0.25, 0.3) is 0 Å². The molecule has 15 heavy (non-hydrogen) atoms. The molecule has 1 aliphatic rings. The maximum atomic E-state index is 10.1. The van der Waals surface area contributed by atoms with Gasteiger partial charge in [0.05, 0.1) is 5.60 Å². The first-order chi connectivity index (χ1) is 7.18. The fraction of sp³-hybridized carbons (Fsp3) is 0.636. The fourth-order valence-electron chi connectivity index (χ4n) is 1.94. The third-order valence-electron chi connectivity index (χ3n) is 2.89. The molecule has 1 heterocycles. The van der Waals surface area contributed by atoms with Gasteiger partial charge in [-0.3, -0.25) is 0 Å². The van der Waals surface area contributed by atoms with E-state index in [4.69, 9.17) is 0 Å². The molecule has 0 aliphatic heterocycles. The normalized spacial score (nSPS) is 19.1. The maximum absolute atomic E-state index is 10.1. The van der Waals surface area contributed by atoms with Crippen LogP contribution in [0.15, 0.2) is 12.4 Å². The van der Waals surface area contributed by atoms with E-state index in [-0.39, 0.29) is 0 Å². The molecule has 4 nitrogen and oxygen atoms in total. The highest BCUT2D eigenvalue weighted by atomic mass is 16.3. The van der Waals surface area contributed by atoms with Crippen LogP contribution in [0.4, 0.5) is 5.95 Å². The van der Waals surface area contributed by atoms with Crippen LogP contribution >= 0.6 is 0 Å². The Labute approximate surface area is 89.8 Å². The van der Waals surface area contributed by atoms with E-state index < -0.39 is 5.60 Å². The number of hydrogen-bond donors (Lipinski definition) is 2. The molecule has 2 rings (SSSR count). The average Bonchev–Trinajstić information content (AvgIpc) is 2.65. The number of rotatable bonds is 3. The zero-order valence-electron chi connectivity index (χ0n) is 9.03. The maximum Gasteiger partial charge on any atom is 0.222 e. The van der Waals surface area contributed by atoms with Gasteiger partial charge in [-0.1, -0.05) is 12.8 Å². The molecule has 0 radical (unpaired) electrons. The Bertz CT molecular complexity index is 317. The van der Waals surface area contributed by atoms with Crippen molar-refractivity contribution in [1.29, 1.82) is 0 Å². The number of nitrogens with zero attached hydrogens (tertiary/aromatic N) is 2. The van der Waals surface area contributed by atoms with E-state index in [1.807, 2.05) is 6.92 Å². The van der Waals surface area contributed by atoms with Crippen LogP contribution in [0.1, 0.15) is 31.2 Å². The zero-order valence-corrected chi connectivity index (χ0v) is 9.03. The van der Waals surface area contributed by atoms with Crippen molar-refractivity contribution in [2.75, 3.05) is 11.9 Å². The van der Waals surface area contributed by atoms with Crippen LogP contribution in [0.3, 0.4) is 0 Å². The van der Waals surface area contributed by atoms with Crippen molar-refractivity contribution < 1.29 is 5.11 Å². The van der Waals surface area contributed by atoms with Gasteiger partial charge in [-0.15, -0.1) is 0 Å². The lowest BCUT2D eigenvalue weighted by molar-refractivity contribution is 0.0613. The van der Waals surface area contributed by atoms with Gasteiger partial charge in [0, 0.05) is 18.9 Å². The molecule has 0 spiro atoms. The van der Waals surface area contributed by atoms with Gasteiger partial charge in [0.2, 0.25) is 5.95 Å². The second kappa shape index (κ2) is 4.14. The van der Waals surface area contributed by atoms with Crippen molar-refractivity contribution in [2.24, 2.45) is 0 Å². The molecule has 1 aliphatic carbocycles. The summed E-state index contributed by atoms with van der Waals surface area (Å²) in [5.74, 6) is 0.598. The first-order valence-electron chi connectivity index (χ1n) is 5.43. The second-order valence-corrected chi connectivity index (χ2v) is 4.37. The van der Waals surface area contributed by atoms with Crippen LogP contribution in [-0.2, 0) is 0 Å². The molecule has 0 amide bonds. The summed E-state index contributed by atoms with van der Waals surface area (Å²) in [6.45, 7) is 2.50. The molecule has 1 aromatic rings. The van der Waals surface area contributed by atoms with Crippen LogP contribution < -0.4 is 5.32 Å². The van der Waals surface area contributed by atoms with Gasteiger partial charge in [0.15, 0.2) is 0 Å². The molecule has 0 aromatic carbocycles. The van der Waals surface area contributed by atoms with Gasteiger partial charge in [0.25, 0.3) is 0 Å². The molecule has 2 N–H and O–H groups in total. The van der Waals surface area contributed by atoms with Crippen molar-refractivity contribution in [1.82, 2.24) is 9.97 Å². The summed E-state index contributed by atoms with van der Waals surface area (Å²) in [7, 11) is 0. The highest BCUT2D eigenvalue weighted by Crippen LogP contribution is 2.29. The van der Waals surface area contributed by atoms with Gasteiger partial charge >= 0.3 is 0 Å². The fourth-order valence-corrected chi connectivity index (χ4v) is 1.94. The molecule has 0 unspecified atom stereocenters. The summed E-state index contributed by atoms with van der Waals surface area (Å²) >= 11 is 0. The standard InChI is InChI=1S/C11H17N3O/c1-9-6-12-10(13-7-9)14-8-11(15)4-2-3-5-11/h6-7,15H,2-5,8H2,1H3,(H,12,13,14). The lowest BCUT2D eigenvalue weighted by atomic mass is 10.0. The number of aromatic nitrogens is 2. The third-order valence-corrected chi connectivity index (χ3v) is 2.89. The Balaban J connectivity index is 1.90. The summed E-state index contributed by atoms with van der Waals surface area (Å²) in [6.07, 6.45) is 7.54. The molecular formula is C11H17N3O. The quantitative estimate of drug-likeness (QED) is 0.788. The summed E-state index contributed by atoms with van der Waals surface area (Å²) in [5, 5.41) is 13.2.